The van der Waals surface area contributed by atoms with E-state index in [1.165, 1.54) is 4.57 Å². The topological polar surface area (TPSA) is 85.6 Å². The Labute approximate surface area is 155 Å². The second-order valence-corrected chi connectivity index (χ2v) is 6.64. The molecule has 0 aliphatic heterocycles. The number of unbranched alkanes of at least 4 members (excludes halogenated alkanes) is 2. The fraction of sp³-hybridized carbons (Fsp3) is 0.444. The number of halogens is 1. The SMILES string of the molecule is CCCCCn1c(=O)n(CCCc2ccncc2)c(=O)c2[nH]c(Cl)nc21. The molecule has 0 amide bonds. The number of fused-ring (bicyclic) bond motifs is 1. The number of hydrogen-bond acceptors (Lipinski definition) is 4. The summed E-state index contributed by atoms with van der Waals surface area (Å²) >= 11 is 5.94. The zero-order valence-corrected chi connectivity index (χ0v) is 15.5. The van der Waals surface area contributed by atoms with Crippen molar-refractivity contribution >= 4 is 22.8 Å². The molecule has 0 aliphatic carbocycles. The second-order valence-electron chi connectivity index (χ2n) is 6.28. The number of nitrogens with one attached hydrogen (secondary N) is 1. The molecule has 0 aliphatic rings. The first-order valence-corrected chi connectivity index (χ1v) is 9.27. The van der Waals surface area contributed by atoms with Crippen LogP contribution in [0.2, 0.25) is 5.28 Å². The van der Waals surface area contributed by atoms with Gasteiger partial charge in [-0.25, -0.2) is 4.79 Å². The molecule has 0 radical (unpaired) electrons. The zero-order valence-electron chi connectivity index (χ0n) is 14.7. The Morgan fingerprint density at radius 1 is 1.08 bits per heavy atom. The molecule has 26 heavy (non-hydrogen) atoms. The lowest BCUT2D eigenvalue weighted by molar-refractivity contribution is 0.526. The van der Waals surface area contributed by atoms with Crippen molar-refractivity contribution in [1.82, 2.24) is 24.1 Å². The third-order valence-electron chi connectivity index (χ3n) is 4.41. The van der Waals surface area contributed by atoms with Gasteiger partial charge in [-0.15, -0.1) is 0 Å². The van der Waals surface area contributed by atoms with Crippen molar-refractivity contribution in [3.63, 3.8) is 0 Å². The van der Waals surface area contributed by atoms with Crippen LogP contribution in [0, 0.1) is 0 Å². The molecule has 7 nitrogen and oxygen atoms in total. The molecule has 1 N–H and O–H groups in total. The summed E-state index contributed by atoms with van der Waals surface area (Å²) in [5.41, 5.74) is 1.06. The van der Waals surface area contributed by atoms with Crippen molar-refractivity contribution in [2.45, 2.75) is 52.1 Å². The minimum Gasteiger partial charge on any atom is -0.323 e. The fourth-order valence-corrected chi connectivity index (χ4v) is 3.22. The van der Waals surface area contributed by atoms with E-state index in [0.717, 1.165) is 31.2 Å². The summed E-state index contributed by atoms with van der Waals surface area (Å²) in [5.74, 6) is 0. The first-order valence-electron chi connectivity index (χ1n) is 8.89. The Kier molecular flexibility index (Phi) is 5.88. The molecule has 0 spiro atoms. The van der Waals surface area contributed by atoms with Gasteiger partial charge in [0.15, 0.2) is 11.2 Å². The summed E-state index contributed by atoms with van der Waals surface area (Å²) < 4.78 is 2.84. The van der Waals surface area contributed by atoms with Crippen molar-refractivity contribution in [3.05, 3.63) is 56.2 Å². The molecular formula is C18H22ClN5O2. The van der Waals surface area contributed by atoms with Crippen LogP contribution in [0.1, 0.15) is 38.2 Å². The van der Waals surface area contributed by atoms with Crippen LogP contribution in [0.25, 0.3) is 11.2 Å². The van der Waals surface area contributed by atoms with Crippen LogP contribution >= 0.6 is 11.6 Å². The van der Waals surface area contributed by atoms with Gasteiger partial charge in [-0.1, -0.05) is 19.8 Å². The Balaban J connectivity index is 1.91. The average molecular weight is 376 g/mol. The van der Waals surface area contributed by atoms with Crippen LogP contribution in [0.15, 0.2) is 34.1 Å². The third-order valence-corrected chi connectivity index (χ3v) is 4.59. The predicted octanol–water partition coefficient (Wildman–Crippen LogP) is 2.76. The number of H-pyrrole nitrogens is 1. The Morgan fingerprint density at radius 2 is 1.81 bits per heavy atom. The highest BCUT2D eigenvalue weighted by atomic mass is 35.5. The van der Waals surface area contributed by atoms with E-state index in [2.05, 4.69) is 21.9 Å². The van der Waals surface area contributed by atoms with Gasteiger partial charge in [0.05, 0.1) is 0 Å². The lowest BCUT2D eigenvalue weighted by Gasteiger charge is -2.11. The van der Waals surface area contributed by atoms with E-state index >= 15 is 0 Å². The second kappa shape index (κ2) is 8.31. The van der Waals surface area contributed by atoms with Gasteiger partial charge in [-0.2, -0.15) is 4.98 Å². The molecule has 3 aromatic rings. The minimum absolute atomic E-state index is 0.121. The van der Waals surface area contributed by atoms with Gasteiger partial charge < -0.3 is 4.98 Å². The lowest BCUT2D eigenvalue weighted by Crippen LogP contribution is -2.40. The van der Waals surface area contributed by atoms with Crippen LogP contribution in [0.5, 0.6) is 0 Å². The standard InChI is InChI=1S/C18H22ClN5O2/c1-2-3-4-11-23-15-14(21-17(19)22-15)16(25)24(18(23)26)12-5-6-13-7-9-20-10-8-13/h7-10H,2-6,11-12H2,1H3,(H,21,22). The number of imidazole rings is 1. The number of rotatable bonds is 8. The molecule has 0 bridgehead atoms. The predicted molar refractivity (Wildman–Crippen MR) is 102 cm³/mol. The molecule has 138 valence electrons. The van der Waals surface area contributed by atoms with Crippen LogP contribution in [-0.4, -0.2) is 24.1 Å². The molecule has 3 aromatic heterocycles. The molecule has 0 aromatic carbocycles. The number of hydrogen-bond donors (Lipinski definition) is 1. The van der Waals surface area contributed by atoms with Gasteiger partial charge in [0.25, 0.3) is 5.56 Å². The summed E-state index contributed by atoms with van der Waals surface area (Å²) in [7, 11) is 0. The van der Waals surface area contributed by atoms with Gasteiger partial charge in [-0.05, 0) is 48.6 Å². The maximum atomic E-state index is 12.9. The maximum absolute atomic E-state index is 12.9. The first-order chi connectivity index (χ1) is 12.6. The van der Waals surface area contributed by atoms with Gasteiger partial charge in [0.1, 0.15) is 0 Å². The van der Waals surface area contributed by atoms with E-state index < -0.39 is 0 Å². The number of aromatic amines is 1. The number of pyridine rings is 1. The van der Waals surface area contributed by atoms with Crippen molar-refractivity contribution in [2.75, 3.05) is 0 Å². The van der Waals surface area contributed by atoms with Gasteiger partial charge >= 0.3 is 5.69 Å². The van der Waals surface area contributed by atoms with E-state index in [4.69, 9.17) is 11.6 Å². The molecule has 0 atom stereocenters. The molecule has 0 saturated carbocycles. The van der Waals surface area contributed by atoms with Crippen molar-refractivity contribution < 1.29 is 0 Å². The largest absolute Gasteiger partial charge is 0.332 e. The molecule has 0 unspecified atom stereocenters. The van der Waals surface area contributed by atoms with E-state index in [1.807, 2.05) is 12.1 Å². The Morgan fingerprint density at radius 3 is 2.54 bits per heavy atom. The normalized spacial score (nSPS) is 11.3. The van der Waals surface area contributed by atoms with Gasteiger partial charge in [0, 0.05) is 25.5 Å². The van der Waals surface area contributed by atoms with Crippen LogP contribution in [0.3, 0.4) is 0 Å². The van der Waals surface area contributed by atoms with E-state index in [0.29, 0.717) is 25.2 Å². The average Bonchev–Trinajstić information content (AvgIpc) is 3.03. The van der Waals surface area contributed by atoms with E-state index in [1.54, 1.807) is 17.0 Å². The zero-order chi connectivity index (χ0) is 18.5. The summed E-state index contributed by atoms with van der Waals surface area (Å²) in [5, 5.41) is 0.121. The van der Waals surface area contributed by atoms with Crippen molar-refractivity contribution in [1.29, 1.82) is 0 Å². The van der Waals surface area contributed by atoms with E-state index in [9.17, 15) is 9.59 Å². The first kappa shape index (κ1) is 18.4. The maximum Gasteiger partial charge on any atom is 0.332 e. The van der Waals surface area contributed by atoms with Crippen molar-refractivity contribution in [2.24, 2.45) is 0 Å². The summed E-state index contributed by atoms with van der Waals surface area (Å²) in [6.07, 6.45) is 7.83. The highest BCUT2D eigenvalue weighted by Crippen LogP contribution is 2.11. The highest BCUT2D eigenvalue weighted by molar-refractivity contribution is 6.28. The Bertz CT molecular complexity index is 990. The molecule has 3 rings (SSSR count). The van der Waals surface area contributed by atoms with Gasteiger partial charge in [0.2, 0.25) is 5.28 Å². The lowest BCUT2D eigenvalue weighted by atomic mass is 10.1. The molecule has 3 heterocycles. The molecule has 8 heteroatoms. The van der Waals surface area contributed by atoms with E-state index in [-0.39, 0.29) is 22.0 Å². The number of aryl methyl sites for hydroxylation is 2. The van der Waals surface area contributed by atoms with Crippen LogP contribution in [0.4, 0.5) is 0 Å². The Hall–Kier alpha value is -2.41. The fourth-order valence-electron chi connectivity index (χ4n) is 3.05. The van der Waals surface area contributed by atoms with Crippen LogP contribution < -0.4 is 11.2 Å². The van der Waals surface area contributed by atoms with Crippen molar-refractivity contribution in [3.8, 4) is 0 Å². The number of aromatic nitrogens is 5. The quantitative estimate of drug-likeness (QED) is 0.484. The number of nitrogens with zero attached hydrogens (tertiary/aromatic N) is 4. The summed E-state index contributed by atoms with van der Waals surface area (Å²) in [6.45, 7) is 2.97. The summed E-state index contributed by atoms with van der Waals surface area (Å²) in [6, 6.07) is 3.87. The van der Waals surface area contributed by atoms with Gasteiger partial charge in [-0.3, -0.25) is 18.9 Å². The molecular weight excluding hydrogens is 354 g/mol. The minimum atomic E-state index is -0.370. The third kappa shape index (κ3) is 3.88. The molecule has 0 saturated heterocycles. The highest BCUT2D eigenvalue weighted by Gasteiger charge is 2.16. The molecule has 0 fully saturated rings. The van der Waals surface area contributed by atoms with Crippen LogP contribution in [-0.2, 0) is 19.5 Å². The monoisotopic (exact) mass is 375 g/mol. The smallest absolute Gasteiger partial charge is 0.323 e. The summed E-state index contributed by atoms with van der Waals surface area (Å²) in [4.78, 5) is 36.5.